The Labute approximate surface area is 223 Å². The fraction of sp³-hybridized carbons (Fsp3) is 0.654. The van der Waals surface area contributed by atoms with Crippen molar-refractivity contribution in [3.63, 3.8) is 0 Å². The maximum absolute atomic E-state index is 13.2. The summed E-state index contributed by atoms with van der Waals surface area (Å²) in [5.74, 6) is -1.74. The molecule has 1 heterocycles. The highest BCUT2D eigenvalue weighted by Gasteiger charge is 2.40. The van der Waals surface area contributed by atoms with Crippen molar-refractivity contribution in [2.75, 3.05) is 6.54 Å². The number of hydrogen-bond donors (Lipinski definition) is 5. The number of nitrogens with one attached hydrogen (secondary N) is 3. The average molecular weight is 554 g/mol. The largest absolute Gasteiger partial charge is 0.443 e. The predicted octanol–water partition coefficient (Wildman–Crippen LogP) is 1.90. The van der Waals surface area contributed by atoms with E-state index in [1.54, 1.807) is 0 Å². The lowest BCUT2D eigenvalue weighted by Gasteiger charge is -2.31. The maximum Gasteiger partial charge on any atom is 0.408 e. The van der Waals surface area contributed by atoms with Gasteiger partial charge in [-0.1, -0.05) is 44.2 Å². The maximum atomic E-state index is 13.2. The minimum Gasteiger partial charge on any atom is -0.443 e. The van der Waals surface area contributed by atoms with Crippen LogP contribution in [-0.4, -0.2) is 65.7 Å². The number of benzene rings is 1. The van der Waals surface area contributed by atoms with E-state index < -0.39 is 51.2 Å². The lowest BCUT2D eigenvalue weighted by atomic mass is 9.92. The van der Waals surface area contributed by atoms with Crippen LogP contribution in [0.3, 0.4) is 0 Å². The van der Waals surface area contributed by atoms with Gasteiger partial charge in [0.2, 0.25) is 17.3 Å². The molecule has 1 unspecified atom stereocenters. The van der Waals surface area contributed by atoms with Gasteiger partial charge in [0.1, 0.15) is 11.6 Å². The minimum absolute atomic E-state index is 0.0265. The standard InChI is InChI=1S/C26H39N3O8S/c1-17(2)14-20(23(31)28-21(24(32)38(34,35)36)15-19-10-13-27-22(19)30)29-25(33)37-26(11-6-7-12-26)16-18-8-4-3-5-9-18/h3-5,8-9,17,19-21,24,32H,6-7,10-16H2,1-2H3,(H,27,30)(H,28,31)(H,29,33)(H,34,35,36)/t19-,20-,21-,24?/m0/s1. The Kier molecular flexibility index (Phi) is 10.1. The summed E-state index contributed by atoms with van der Waals surface area (Å²) in [5, 5.41) is 17.9. The molecule has 1 saturated heterocycles. The monoisotopic (exact) mass is 553 g/mol. The van der Waals surface area contributed by atoms with E-state index in [1.807, 2.05) is 44.2 Å². The molecule has 0 radical (unpaired) electrons. The third kappa shape index (κ3) is 8.40. The number of hydrogen-bond acceptors (Lipinski definition) is 7. The third-order valence-corrected chi connectivity index (χ3v) is 8.13. The van der Waals surface area contributed by atoms with Gasteiger partial charge >= 0.3 is 6.09 Å². The van der Waals surface area contributed by atoms with Crippen LogP contribution in [0.4, 0.5) is 4.79 Å². The molecule has 1 aliphatic heterocycles. The fourth-order valence-corrected chi connectivity index (χ4v) is 5.88. The Bertz CT molecular complexity index is 1070. The Balaban J connectivity index is 1.72. The van der Waals surface area contributed by atoms with Crippen LogP contribution < -0.4 is 16.0 Å². The van der Waals surface area contributed by atoms with Gasteiger partial charge in [0.15, 0.2) is 0 Å². The second kappa shape index (κ2) is 12.9. The van der Waals surface area contributed by atoms with Gasteiger partial charge < -0.3 is 25.8 Å². The van der Waals surface area contributed by atoms with Gasteiger partial charge in [0.25, 0.3) is 10.1 Å². The van der Waals surface area contributed by atoms with Crippen molar-refractivity contribution in [2.24, 2.45) is 11.8 Å². The summed E-state index contributed by atoms with van der Waals surface area (Å²) in [6.45, 7) is 4.10. The van der Waals surface area contributed by atoms with Crippen molar-refractivity contribution < 1.29 is 37.2 Å². The van der Waals surface area contributed by atoms with Crippen LogP contribution in [0, 0.1) is 11.8 Å². The molecular formula is C26H39N3O8S. The lowest BCUT2D eigenvalue weighted by Crippen LogP contribution is -2.55. The number of ether oxygens (including phenoxy) is 1. The Morgan fingerprint density at radius 3 is 2.37 bits per heavy atom. The first-order valence-electron chi connectivity index (χ1n) is 13.1. The van der Waals surface area contributed by atoms with Crippen LogP contribution in [0.2, 0.25) is 0 Å². The van der Waals surface area contributed by atoms with Crippen LogP contribution in [0.25, 0.3) is 0 Å². The molecule has 5 N–H and O–H groups in total. The Morgan fingerprint density at radius 1 is 1.16 bits per heavy atom. The van der Waals surface area contributed by atoms with E-state index in [2.05, 4.69) is 16.0 Å². The van der Waals surface area contributed by atoms with Crippen molar-refractivity contribution in [1.29, 1.82) is 0 Å². The van der Waals surface area contributed by atoms with Gasteiger partial charge in [-0.2, -0.15) is 8.42 Å². The summed E-state index contributed by atoms with van der Waals surface area (Å²) in [4.78, 5) is 38.3. The number of carbonyl (C=O) groups is 3. The van der Waals surface area contributed by atoms with Gasteiger partial charge in [0, 0.05) is 18.9 Å². The van der Waals surface area contributed by atoms with E-state index in [1.165, 1.54) is 0 Å². The zero-order valence-electron chi connectivity index (χ0n) is 21.9. The van der Waals surface area contributed by atoms with Gasteiger partial charge in [-0.25, -0.2) is 4.79 Å². The number of amides is 3. The van der Waals surface area contributed by atoms with E-state index in [0.717, 1.165) is 18.4 Å². The lowest BCUT2D eigenvalue weighted by molar-refractivity contribution is -0.126. The molecule has 4 atom stereocenters. The first kappa shape index (κ1) is 29.9. The molecular weight excluding hydrogens is 514 g/mol. The highest BCUT2D eigenvalue weighted by Crippen LogP contribution is 2.36. The molecule has 1 saturated carbocycles. The predicted molar refractivity (Wildman–Crippen MR) is 139 cm³/mol. The average Bonchev–Trinajstić information content (AvgIpc) is 3.46. The molecule has 11 nitrogen and oxygen atoms in total. The van der Waals surface area contributed by atoms with E-state index >= 15 is 0 Å². The van der Waals surface area contributed by atoms with E-state index in [-0.39, 0.29) is 24.7 Å². The summed E-state index contributed by atoms with van der Waals surface area (Å²) in [7, 11) is -4.94. The van der Waals surface area contributed by atoms with Crippen molar-refractivity contribution in [3.05, 3.63) is 35.9 Å². The molecule has 0 aromatic heterocycles. The van der Waals surface area contributed by atoms with Crippen LogP contribution in [0.5, 0.6) is 0 Å². The second-order valence-corrected chi connectivity index (χ2v) is 12.3. The SMILES string of the molecule is CC(C)C[C@H](NC(=O)OC1(Cc2ccccc2)CCCC1)C(=O)N[C@@H](C[C@@H]1CCNC1=O)C(O)S(=O)(=O)O. The molecule has 3 rings (SSSR count). The van der Waals surface area contributed by atoms with Gasteiger partial charge in [0.05, 0.1) is 6.04 Å². The highest BCUT2D eigenvalue weighted by atomic mass is 32.2. The van der Waals surface area contributed by atoms with Crippen molar-refractivity contribution >= 4 is 28.0 Å². The smallest absolute Gasteiger partial charge is 0.408 e. The molecule has 1 aliphatic carbocycles. The van der Waals surface area contributed by atoms with Gasteiger partial charge in [-0.05, 0) is 56.4 Å². The van der Waals surface area contributed by atoms with Gasteiger partial charge in [-0.3, -0.25) is 14.1 Å². The topological polar surface area (TPSA) is 171 Å². The second-order valence-electron chi connectivity index (χ2n) is 10.8. The molecule has 2 aliphatic rings. The molecule has 0 bridgehead atoms. The normalized spacial score (nSPS) is 21.4. The molecule has 1 aromatic rings. The number of carbonyl (C=O) groups excluding carboxylic acids is 3. The molecule has 212 valence electrons. The zero-order chi connectivity index (χ0) is 27.9. The molecule has 3 amide bonds. The van der Waals surface area contributed by atoms with E-state index in [9.17, 15) is 32.5 Å². The molecule has 12 heteroatoms. The highest BCUT2D eigenvalue weighted by molar-refractivity contribution is 7.86. The van der Waals surface area contributed by atoms with Crippen LogP contribution >= 0.6 is 0 Å². The third-order valence-electron chi connectivity index (χ3n) is 7.19. The number of aliphatic hydroxyl groups is 1. The molecule has 1 aromatic carbocycles. The number of alkyl carbamates (subject to hydrolysis) is 1. The fourth-order valence-electron chi connectivity index (χ4n) is 5.29. The first-order valence-corrected chi connectivity index (χ1v) is 14.6. The Morgan fingerprint density at radius 2 is 1.82 bits per heavy atom. The summed E-state index contributed by atoms with van der Waals surface area (Å²) < 4.78 is 38.7. The number of aliphatic hydroxyl groups excluding tert-OH is 1. The molecule has 2 fully saturated rings. The van der Waals surface area contributed by atoms with E-state index in [0.29, 0.717) is 32.2 Å². The van der Waals surface area contributed by atoms with Crippen molar-refractivity contribution in [1.82, 2.24) is 16.0 Å². The minimum atomic E-state index is -4.94. The van der Waals surface area contributed by atoms with Crippen LogP contribution in [0.15, 0.2) is 30.3 Å². The summed E-state index contributed by atoms with van der Waals surface area (Å²) in [6.07, 6.45) is 3.43. The van der Waals surface area contributed by atoms with Crippen molar-refractivity contribution in [3.8, 4) is 0 Å². The Hall–Kier alpha value is -2.70. The van der Waals surface area contributed by atoms with E-state index in [4.69, 9.17) is 4.74 Å². The first-order chi connectivity index (χ1) is 17.9. The number of rotatable bonds is 12. The quantitative estimate of drug-likeness (QED) is 0.244. The van der Waals surface area contributed by atoms with Crippen LogP contribution in [0.1, 0.15) is 64.4 Å². The van der Waals surface area contributed by atoms with Crippen LogP contribution in [-0.2, 0) is 30.9 Å². The van der Waals surface area contributed by atoms with Gasteiger partial charge in [-0.15, -0.1) is 0 Å². The zero-order valence-corrected chi connectivity index (χ0v) is 22.7. The summed E-state index contributed by atoms with van der Waals surface area (Å²) in [6, 6.07) is 7.16. The molecule has 38 heavy (non-hydrogen) atoms. The summed E-state index contributed by atoms with van der Waals surface area (Å²) in [5.41, 5.74) is -1.99. The summed E-state index contributed by atoms with van der Waals surface area (Å²) >= 11 is 0. The van der Waals surface area contributed by atoms with Crippen molar-refractivity contribution in [2.45, 2.75) is 88.3 Å². The molecule has 0 spiro atoms.